The number of aromatic nitrogens is 3. The Morgan fingerprint density at radius 2 is 1.86 bits per heavy atom. The highest BCUT2D eigenvalue weighted by Crippen LogP contribution is 2.27. The number of thioether (sulfide) groups is 1. The van der Waals surface area contributed by atoms with Crippen LogP contribution in [0, 0.1) is 0 Å². The number of fused-ring (bicyclic) bond motifs is 1. The van der Waals surface area contributed by atoms with Crippen LogP contribution in [-0.2, 0) is 0 Å². The molecule has 0 aliphatic carbocycles. The Morgan fingerprint density at radius 1 is 1.05 bits per heavy atom. The van der Waals surface area contributed by atoms with Gasteiger partial charge in [0, 0.05) is 55.3 Å². The molecule has 0 aromatic carbocycles. The van der Waals surface area contributed by atoms with Gasteiger partial charge in [0.15, 0.2) is 0 Å². The van der Waals surface area contributed by atoms with Crippen molar-refractivity contribution in [3.05, 3.63) is 24.8 Å². The lowest BCUT2D eigenvalue weighted by Gasteiger charge is -2.40. The molecule has 0 bridgehead atoms. The quantitative estimate of drug-likeness (QED) is 0.845. The summed E-state index contributed by atoms with van der Waals surface area (Å²) in [5.41, 5.74) is 0.933. The van der Waals surface area contributed by atoms with Crippen molar-refractivity contribution in [2.24, 2.45) is 0 Å². The first kappa shape index (κ1) is 14.2. The van der Waals surface area contributed by atoms with E-state index in [1.165, 1.54) is 37.4 Å². The van der Waals surface area contributed by atoms with E-state index in [-0.39, 0.29) is 0 Å². The number of rotatable bonds is 2. The maximum Gasteiger partial charge on any atom is 0.139 e. The predicted molar refractivity (Wildman–Crippen MR) is 91.5 cm³/mol. The smallest absolute Gasteiger partial charge is 0.139 e. The second-order valence-electron chi connectivity index (χ2n) is 5.96. The van der Waals surface area contributed by atoms with Gasteiger partial charge in [0.25, 0.3) is 0 Å². The molecule has 0 unspecified atom stereocenters. The van der Waals surface area contributed by atoms with Gasteiger partial charge in [-0.1, -0.05) is 0 Å². The summed E-state index contributed by atoms with van der Waals surface area (Å²) in [6.45, 7) is 4.69. The van der Waals surface area contributed by atoms with Gasteiger partial charge in [-0.2, -0.15) is 11.8 Å². The van der Waals surface area contributed by atoms with Gasteiger partial charge in [-0.3, -0.25) is 9.88 Å². The molecule has 2 aliphatic heterocycles. The van der Waals surface area contributed by atoms with Crippen LogP contribution in [0.1, 0.15) is 12.8 Å². The second-order valence-corrected chi connectivity index (χ2v) is 7.18. The molecule has 2 fully saturated rings. The standard InChI is InChI=1S/C16H21N5S/c1-4-17-11-15-14(1)16(19-12-18-15)21-5-2-13(3-6-21)20-7-9-22-10-8-20/h1,4,11-13H,2-3,5-10H2. The van der Waals surface area contributed by atoms with Crippen molar-refractivity contribution < 1.29 is 0 Å². The Kier molecular flexibility index (Phi) is 4.12. The third-order valence-electron chi connectivity index (χ3n) is 4.74. The van der Waals surface area contributed by atoms with Gasteiger partial charge >= 0.3 is 0 Å². The molecule has 5 nitrogen and oxygen atoms in total. The van der Waals surface area contributed by atoms with Crippen LogP contribution in [0.4, 0.5) is 5.82 Å². The fraction of sp³-hybridized carbons (Fsp3) is 0.562. The first-order valence-corrected chi connectivity index (χ1v) is 9.19. The first-order valence-electron chi connectivity index (χ1n) is 8.03. The van der Waals surface area contributed by atoms with E-state index in [4.69, 9.17) is 0 Å². The van der Waals surface area contributed by atoms with Crippen LogP contribution in [0.5, 0.6) is 0 Å². The zero-order valence-electron chi connectivity index (χ0n) is 12.7. The molecule has 0 atom stereocenters. The van der Waals surface area contributed by atoms with Crippen molar-refractivity contribution in [1.82, 2.24) is 19.9 Å². The van der Waals surface area contributed by atoms with E-state index in [9.17, 15) is 0 Å². The molecule has 0 spiro atoms. The molecule has 4 heterocycles. The van der Waals surface area contributed by atoms with Crippen molar-refractivity contribution in [2.45, 2.75) is 18.9 Å². The third-order valence-corrected chi connectivity index (χ3v) is 5.69. The predicted octanol–water partition coefficient (Wildman–Crippen LogP) is 2.04. The Balaban J connectivity index is 1.48. The summed E-state index contributed by atoms with van der Waals surface area (Å²) in [6, 6.07) is 2.78. The van der Waals surface area contributed by atoms with E-state index in [1.807, 2.05) is 18.5 Å². The Morgan fingerprint density at radius 3 is 2.68 bits per heavy atom. The molecule has 2 saturated heterocycles. The lowest BCUT2D eigenvalue weighted by atomic mass is 10.0. The topological polar surface area (TPSA) is 45.2 Å². The molecule has 0 saturated carbocycles. The molecular formula is C16H21N5S. The first-order chi connectivity index (χ1) is 10.9. The third kappa shape index (κ3) is 2.77. The molecule has 0 radical (unpaired) electrons. The average molecular weight is 315 g/mol. The molecule has 4 rings (SSSR count). The SMILES string of the molecule is c1cc2c(N3CCC(N4CCSCC4)CC3)ncnc2cn1. The number of nitrogens with zero attached hydrogens (tertiary/aromatic N) is 5. The van der Waals surface area contributed by atoms with Crippen LogP contribution >= 0.6 is 11.8 Å². The van der Waals surface area contributed by atoms with Gasteiger partial charge in [-0.05, 0) is 18.9 Å². The van der Waals surface area contributed by atoms with Crippen molar-refractivity contribution in [3.8, 4) is 0 Å². The Hall–Kier alpha value is -1.40. The zero-order chi connectivity index (χ0) is 14.8. The van der Waals surface area contributed by atoms with Gasteiger partial charge < -0.3 is 4.90 Å². The van der Waals surface area contributed by atoms with Gasteiger partial charge in [0.05, 0.1) is 11.7 Å². The summed E-state index contributed by atoms with van der Waals surface area (Å²) >= 11 is 2.09. The largest absolute Gasteiger partial charge is 0.356 e. The van der Waals surface area contributed by atoms with E-state index >= 15 is 0 Å². The van der Waals surface area contributed by atoms with E-state index in [0.29, 0.717) is 0 Å². The Bertz CT molecular complexity index is 630. The number of piperidine rings is 1. The lowest BCUT2D eigenvalue weighted by Crippen LogP contribution is -2.48. The number of anilines is 1. The summed E-state index contributed by atoms with van der Waals surface area (Å²) in [5.74, 6) is 3.66. The molecule has 116 valence electrons. The van der Waals surface area contributed by atoms with Crippen LogP contribution in [-0.4, -0.2) is 63.6 Å². The van der Waals surface area contributed by atoms with E-state index in [1.54, 1.807) is 6.33 Å². The molecular weight excluding hydrogens is 294 g/mol. The lowest BCUT2D eigenvalue weighted by molar-refractivity contribution is 0.185. The van der Waals surface area contributed by atoms with Crippen LogP contribution in [0.2, 0.25) is 0 Å². The molecule has 0 amide bonds. The van der Waals surface area contributed by atoms with E-state index in [0.717, 1.165) is 35.9 Å². The van der Waals surface area contributed by atoms with Crippen molar-refractivity contribution in [3.63, 3.8) is 0 Å². The minimum Gasteiger partial charge on any atom is -0.356 e. The molecule has 2 aromatic rings. The summed E-state index contributed by atoms with van der Waals surface area (Å²) in [4.78, 5) is 18.1. The van der Waals surface area contributed by atoms with Crippen LogP contribution in [0.25, 0.3) is 10.9 Å². The van der Waals surface area contributed by atoms with Gasteiger partial charge in [0.2, 0.25) is 0 Å². The van der Waals surface area contributed by atoms with Crippen LogP contribution < -0.4 is 4.90 Å². The number of hydrogen-bond acceptors (Lipinski definition) is 6. The highest BCUT2D eigenvalue weighted by molar-refractivity contribution is 7.99. The number of hydrogen-bond donors (Lipinski definition) is 0. The monoisotopic (exact) mass is 315 g/mol. The van der Waals surface area contributed by atoms with Gasteiger partial charge in [0.1, 0.15) is 12.1 Å². The average Bonchev–Trinajstić information content (AvgIpc) is 2.62. The van der Waals surface area contributed by atoms with Gasteiger partial charge in [-0.25, -0.2) is 9.97 Å². The zero-order valence-corrected chi connectivity index (χ0v) is 13.5. The van der Waals surface area contributed by atoms with Crippen molar-refractivity contribution in [2.75, 3.05) is 42.6 Å². The molecule has 6 heteroatoms. The second kappa shape index (κ2) is 6.38. The highest BCUT2D eigenvalue weighted by Gasteiger charge is 2.26. The fourth-order valence-corrected chi connectivity index (χ4v) is 4.46. The van der Waals surface area contributed by atoms with E-state index in [2.05, 4.69) is 36.5 Å². The molecule has 0 N–H and O–H groups in total. The van der Waals surface area contributed by atoms with Crippen molar-refractivity contribution >= 4 is 28.5 Å². The Labute approximate surface area is 135 Å². The number of pyridine rings is 1. The minimum atomic E-state index is 0.756. The molecule has 22 heavy (non-hydrogen) atoms. The normalized spacial score (nSPS) is 21.4. The van der Waals surface area contributed by atoms with Crippen LogP contribution in [0.3, 0.4) is 0 Å². The summed E-state index contributed by atoms with van der Waals surface area (Å²) in [7, 11) is 0. The van der Waals surface area contributed by atoms with Gasteiger partial charge in [-0.15, -0.1) is 0 Å². The minimum absolute atomic E-state index is 0.756. The maximum absolute atomic E-state index is 4.54. The highest BCUT2D eigenvalue weighted by atomic mass is 32.2. The van der Waals surface area contributed by atoms with E-state index < -0.39 is 0 Å². The molecule has 2 aliphatic rings. The summed E-state index contributed by atoms with van der Waals surface area (Å²) in [5, 5.41) is 1.12. The van der Waals surface area contributed by atoms with Crippen LogP contribution in [0.15, 0.2) is 24.8 Å². The summed E-state index contributed by atoms with van der Waals surface area (Å²) in [6.07, 6.45) is 7.78. The van der Waals surface area contributed by atoms with Crippen molar-refractivity contribution in [1.29, 1.82) is 0 Å². The molecule has 2 aromatic heterocycles. The maximum atomic E-state index is 4.54. The fourth-order valence-electron chi connectivity index (χ4n) is 3.53. The summed E-state index contributed by atoms with van der Waals surface area (Å²) < 4.78 is 0.